The largest absolute Gasteiger partial charge is 0.493 e. The van der Waals surface area contributed by atoms with Gasteiger partial charge >= 0.3 is 0 Å². The van der Waals surface area contributed by atoms with E-state index in [4.69, 9.17) is 15.2 Å². The molecular weight excluding hydrogens is 256 g/mol. The van der Waals surface area contributed by atoms with Crippen molar-refractivity contribution in [1.82, 2.24) is 0 Å². The summed E-state index contributed by atoms with van der Waals surface area (Å²) < 4.78 is 33.0. The zero-order chi connectivity index (χ0) is 13.8. The molecule has 6 heteroatoms. The van der Waals surface area contributed by atoms with Crippen molar-refractivity contribution in [3.63, 3.8) is 0 Å². The molecule has 0 heterocycles. The van der Waals surface area contributed by atoms with Crippen LogP contribution >= 0.6 is 0 Å². The Balaban J connectivity index is 3.00. The monoisotopic (exact) mass is 275 g/mol. The Bertz CT molecular complexity index is 499. The quantitative estimate of drug-likeness (QED) is 0.788. The molecule has 0 saturated carbocycles. The molecule has 0 fully saturated rings. The summed E-state index contributed by atoms with van der Waals surface area (Å²) in [6.45, 7) is 2.36. The SMILES string of the molecule is CCOc1cc([C@H](N)[13CH2]S([13CH3])(=O)=O)ccc1OC. The van der Waals surface area contributed by atoms with Crippen molar-refractivity contribution >= 4 is 9.84 Å². The molecule has 0 bridgehead atoms. The highest BCUT2D eigenvalue weighted by Gasteiger charge is 2.15. The lowest BCUT2D eigenvalue weighted by atomic mass is 10.1. The Kier molecular flexibility index (Phi) is 4.98. The third-order valence-corrected chi connectivity index (χ3v) is 3.36. The minimum absolute atomic E-state index is 0.0924. The van der Waals surface area contributed by atoms with E-state index in [0.717, 1.165) is 0 Å². The third-order valence-electron chi connectivity index (χ3n) is 2.40. The number of benzene rings is 1. The second kappa shape index (κ2) is 6.06. The zero-order valence-electron chi connectivity index (χ0n) is 10.8. The van der Waals surface area contributed by atoms with Crippen LogP contribution in [-0.4, -0.2) is 34.1 Å². The second-order valence-corrected chi connectivity index (χ2v) is 6.23. The summed E-state index contributed by atoms with van der Waals surface area (Å²) in [7, 11) is -1.56. The molecule has 0 unspecified atom stereocenters. The van der Waals surface area contributed by atoms with E-state index in [1.165, 1.54) is 6.26 Å². The van der Waals surface area contributed by atoms with Crippen LogP contribution in [0.15, 0.2) is 18.2 Å². The topological polar surface area (TPSA) is 78.6 Å². The van der Waals surface area contributed by atoms with Crippen LogP contribution in [0, 0.1) is 0 Å². The number of hydrogen-bond donors (Lipinski definition) is 1. The van der Waals surface area contributed by atoms with Crippen LogP contribution in [-0.2, 0) is 9.84 Å². The van der Waals surface area contributed by atoms with E-state index < -0.39 is 15.9 Å². The average molecular weight is 275 g/mol. The van der Waals surface area contributed by atoms with Crippen LogP contribution in [0.25, 0.3) is 0 Å². The second-order valence-electron chi connectivity index (χ2n) is 4.04. The molecule has 5 nitrogen and oxygen atoms in total. The molecular formula is C12H19NO4S. The zero-order valence-corrected chi connectivity index (χ0v) is 11.7. The molecule has 0 saturated heterocycles. The van der Waals surface area contributed by atoms with Crippen LogP contribution in [0.4, 0.5) is 0 Å². The first-order valence-electron chi connectivity index (χ1n) is 5.61. The van der Waals surface area contributed by atoms with Gasteiger partial charge in [0, 0.05) is 12.3 Å². The molecule has 0 aliphatic carbocycles. The fraction of sp³-hybridized carbons (Fsp3) is 0.500. The van der Waals surface area contributed by atoms with Gasteiger partial charge in [-0.1, -0.05) is 6.07 Å². The molecule has 2 N–H and O–H groups in total. The normalized spacial score (nSPS) is 13.1. The average Bonchev–Trinajstić information content (AvgIpc) is 2.27. The molecule has 1 atom stereocenters. The molecule has 1 aromatic rings. The summed E-state index contributed by atoms with van der Waals surface area (Å²) in [5.41, 5.74) is 6.57. The number of sulfone groups is 1. The maximum absolute atomic E-state index is 11.2. The van der Waals surface area contributed by atoms with Crippen molar-refractivity contribution in [3.05, 3.63) is 23.8 Å². The van der Waals surface area contributed by atoms with E-state index in [1.54, 1.807) is 25.3 Å². The summed E-state index contributed by atoms with van der Waals surface area (Å²) in [6.07, 6.45) is 1.17. The summed E-state index contributed by atoms with van der Waals surface area (Å²) in [5, 5.41) is 0. The van der Waals surface area contributed by atoms with E-state index in [2.05, 4.69) is 0 Å². The predicted octanol–water partition coefficient (Wildman–Crippen LogP) is 1.14. The van der Waals surface area contributed by atoms with Gasteiger partial charge in [-0.2, -0.15) is 0 Å². The van der Waals surface area contributed by atoms with E-state index >= 15 is 0 Å². The first-order valence-corrected chi connectivity index (χ1v) is 7.67. The van der Waals surface area contributed by atoms with Crippen molar-refractivity contribution in [2.45, 2.75) is 13.0 Å². The minimum Gasteiger partial charge on any atom is -0.493 e. The summed E-state index contributed by atoms with van der Waals surface area (Å²) >= 11 is 0. The Hall–Kier alpha value is -1.27. The maximum atomic E-state index is 11.2. The van der Waals surface area contributed by atoms with E-state index in [0.29, 0.717) is 23.7 Å². The minimum atomic E-state index is -3.11. The van der Waals surface area contributed by atoms with Crippen LogP contribution in [0.5, 0.6) is 11.5 Å². The van der Waals surface area contributed by atoms with E-state index in [-0.39, 0.29) is 5.75 Å². The summed E-state index contributed by atoms with van der Waals surface area (Å²) in [6, 6.07) is 4.63. The smallest absolute Gasteiger partial charge is 0.161 e. The van der Waals surface area contributed by atoms with Crippen molar-refractivity contribution < 1.29 is 17.9 Å². The molecule has 0 aliphatic heterocycles. The first-order chi connectivity index (χ1) is 8.37. The Labute approximate surface area is 108 Å². The maximum Gasteiger partial charge on any atom is 0.161 e. The highest BCUT2D eigenvalue weighted by atomic mass is 32.2. The van der Waals surface area contributed by atoms with Gasteiger partial charge < -0.3 is 15.2 Å². The predicted molar refractivity (Wildman–Crippen MR) is 70.8 cm³/mol. The van der Waals surface area contributed by atoms with Gasteiger partial charge in [-0.25, -0.2) is 8.42 Å². The lowest BCUT2D eigenvalue weighted by Gasteiger charge is -2.15. The highest BCUT2D eigenvalue weighted by molar-refractivity contribution is 7.90. The van der Waals surface area contributed by atoms with Gasteiger partial charge in [0.25, 0.3) is 0 Å². The number of nitrogens with two attached hydrogens (primary N) is 1. The van der Waals surface area contributed by atoms with Gasteiger partial charge in [0.1, 0.15) is 9.84 Å². The van der Waals surface area contributed by atoms with Gasteiger partial charge in [0.2, 0.25) is 0 Å². The van der Waals surface area contributed by atoms with Crippen molar-refractivity contribution in [2.24, 2.45) is 5.73 Å². The fourth-order valence-corrected chi connectivity index (χ4v) is 2.46. The number of hydrogen-bond acceptors (Lipinski definition) is 5. The first kappa shape index (κ1) is 14.8. The number of rotatable bonds is 6. The van der Waals surface area contributed by atoms with Crippen molar-refractivity contribution in [1.29, 1.82) is 0 Å². The van der Waals surface area contributed by atoms with Gasteiger partial charge in [0.05, 0.1) is 19.5 Å². The van der Waals surface area contributed by atoms with Crippen molar-refractivity contribution in [3.8, 4) is 11.5 Å². The lowest BCUT2D eigenvalue weighted by Crippen LogP contribution is -2.20. The molecule has 0 aromatic heterocycles. The summed E-state index contributed by atoms with van der Waals surface area (Å²) in [4.78, 5) is 0. The van der Waals surface area contributed by atoms with Crippen LogP contribution in [0.2, 0.25) is 0 Å². The lowest BCUT2D eigenvalue weighted by molar-refractivity contribution is 0.310. The third kappa shape index (κ3) is 4.19. The molecule has 1 aromatic carbocycles. The van der Waals surface area contributed by atoms with Gasteiger partial charge in [-0.15, -0.1) is 0 Å². The molecule has 0 spiro atoms. The van der Waals surface area contributed by atoms with E-state index in [1.807, 2.05) is 6.92 Å². The number of ether oxygens (including phenoxy) is 2. The molecule has 0 radical (unpaired) electrons. The Morgan fingerprint density at radius 3 is 2.50 bits per heavy atom. The Morgan fingerprint density at radius 1 is 1.33 bits per heavy atom. The molecule has 18 heavy (non-hydrogen) atoms. The van der Waals surface area contributed by atoms with Gasteiger partial charge in [-0.05, 0) is 24.6 Å². The Morgan fingerprint density at radius 2 is 2.00 bits per heavy atom. The highest BCUT2D eigenvalue weighted by Crippen LogP contribution is 2.30. The number of methoxy groups -OCH3 is 1. The fourth-order valence-electron chi connectivity index (χ4n) is 1.61. The summed E-state index contributed by atoms with van der Waals surface area (Å²) in [5.74, 6) is 1.08. The van der Waals surface area contributed by atoms with Crippen LogP contribution < -0.4 is 15.2 Å². The van der Waals surface area contributed by atoms with E-state index in [9.17, 15) is 8.42 Å². The van der Waals surface area contributed by atoms with Crippen molar-refractivity contribution in [2.75, 3.05) is 25.7 Å². The van der Waals surface area contributed by atoms with Crippen LogP contribution in [0.3, 0.4) is 0 Å². The van der Waals surface area contributed by atoms with Gasteiger partial charge in [0.15, 0.2) is 11.5 Å². The molecule has 0 amide bonds. The van der Waals surface area contributed by atoms with Crippen LogP contribution in [0.1, 0.15) is 18.5 Å². The molecule has 0 aliphatic rings. The molecule has 1 rings (SSSR count). The standard InChI is InChI=1S/C12H19NO4S/c1-4-17-12-7-9(5-6-11(12)16-2)10(13)8-18(3,14)15/h5-7,10H,4,8,13H2,1-3H3/t10-/m1/s1/i3+1,8+1. The molecule has 102 valence electrons. The van der Waals surface area contributed by atoms with Gasteiger partial charge in [-0.3, -0.25) is 0 Å².